The van der Waals surface area contributed by atoms with Crippen molar-refractivity contribution >= 4 is 15.9 Å². The van der Waals surface area contributed by atoms with E-state index in [4.69, 9.17) is 4.74 Å². The molecule has 0 saturated heterocycles. The highest BCUT2D eigenvalue weighted by Gasteiger charge is 2.17. The van der Waals surface area contributed by atoms with Crippen LogP contribution >= 0.6 is 15.9 Å². The average molecular weight is 326 g/mol. The van der Waals surface area contributed by atoms with Crippen LogP contribution in [0.2, 0.25) is 0 Å². The molecule has 0 amide bonds. The zero-order valence-electron chi connectivity index (χ0n) is 11.1. The summed E-state index contributed by atoms with van der Waals surface area (Å²) in [6, 6.07) is 5.78. The van der Waals surface area contributed by atoms with Crippen LogP contribution in [0.4, 0.5) is 0 Å². The third-order valence-electron chi connectivity index (χ3n) is 2.76. The van der Waals surface area contributed by atoms with Gasteiger partial charge in [-0.3, -0.25) is 0 Å². The van der Waals surface area contributed by atoms with Crippen LogP contribution in [-0.2, 0) is 0 Å². The number of hydrogen-bond acceptors (Lipinski definition) is 5. The second-order valence-corrected chi connectivity index (χ2v) is 4.96. The quantitative estimate of drug-likeness (QED) is 0.912. The van der Waals surface area contributed by atoms with Crippen LogP contribution in [-0.4, -0.2) is 33.9 Å². The van der Waals surface area contributed by atoms with Crippen molar-refractivity contribution in [2.24, 2.45) is 0 Å². The van der Waals surface area contributed by atoms with Gasteiger partial charge in [0.15, 0.2) is 5.82 Å². The minimum absolute atomic E-state index is 0.0590. The van der Waals surface area contributed by atoms with Gasteiger partial charge in [0, 0.05) is 4.47 Å². The summed E-state index contributed by atoms with van der Waals surface area (Å²) in [5.74, 6) is 1.47. The number of rotatable bonds is 5. The molecule has 6 nitrogen and oxygen atoms in total. The van der Waals surface area contributed by atoms with Gasteiger partial charge in [0.2, 0.25) is 0 Å². The number of halogens is 1. The van der Waals surface area contributed by atoms with Gasteiger partial charge < -0.3 is 10.1 Å². The van der Waals surface area contributed by atoms with E-state index in [1.807, 2.05) is 32.0 Å². The maximum atomic E-state index is 5.36. The molecule has 2 aromatic rings. The number of benzene rings is 1. The number of aromatic nitrogens is 4. The molecular weight excluding hydrogens is 310 g/mol. The predicted molar refractivity (Wildman–Crippen MR) is 75.5 cm³/mol. The highest BCUT2D eigenvalue weighted by Crippen LogP contribution is 2.27. The number of nitrogens with one attached hydrogen (secondary N) is 1. The highest BCUT2D eigenvalue weighted by molar-refractivity contribution is 9.10. The highest BCUT2D eigenvalue weighted by atomic mass is 79.9. The Balaban J connectivity index is 2.47. The van der Waals surface area contributed by atoms with Crippen LogP contribution in [0.25, 0.3) is 5.69 Å². The molecule has 19 heavy (non-hydrogen) atoms. The molecule has 1 atom stereocenters. The number of nitrogens with zero attached hydrogens (tertiary/aromatic N) is 4. The lowest BCUT2D eigenvalue weighted by molar-refractivity contribution is 0.410. The van der Waals surface area contributed by atoms with Crippen LogP contribution < -0.4 is 10.1 Å². The Labute approximate surface area is 120 Å². The van der Waals surface area contributed by atoms with E-state index in [0.29, 0.717) is 0 Å². The second kappa shape index (κ2) is 6.12. The fourth-order valence-corrected chi connectivity index (χ4v) is 2.21. The normalized spacial score (nSPS) is 12.4. The summed E-state index contributed by atoms with van der Waals surface area (Å²) in [5, 5.41) is 15.2. The van der Waals surface area contributed by atoms with E-state index in [9.17, 15) is 0 Å². The Morgan fingerprint density at radius 1 is 1.47 bits per heavy atom. The van der Waals surface area contributed by atoms with Gasteiger partial charge in [-0.25, -0.2) is 0 Å². The lowest BCUT2D eigenvalue weighted by Gasteiger charge is -2.14. The molecule has 102 valence electrons. The third-order valence-corrected chi connectivity index (χ3v) is 3.25. The topological polar surface area (TPSA) is 64.9 Å². The zero-order valence-corrected chi connectivity index (χ0v) is 12.7. The molecule has 0 spiro atoms. The number of ether oxygens (including phenoxy) is 1. The lowest BCUT2D eigenvalue weighted by Crippen LogP contribution is -2.21. The summed E-state index contributed by atoms with van der Waals surface area (Å²) in [7, 11) is 1.63. The first kappa shape index (κ1) is 14.0. The molecule has 0 radical (unpaired) electrons. The number of tetrazole rings is 1. The molecule has 0 saturated carbocycles. The van der Waals surface area contributed by atoms with E-state index in [1.54, 1.807) is 11.8 Å². The smallest absolute Gasteiger partial charge is 0.173 e. The van der Waals surface area contributed by atoms with E-state index in [1.165, 1.54) is 0 Å². The standard InChI is InChI=1S/C12H16BrN5O/c1-4-14-8(2)12-15-16-17-18(12)10-7-9(13)5-6-11(10)19-3/h5-8,14H,4H2,1-3H3. The number of hydrogen-bond donors (Lipinski definition) is 1. The van der Waals surface area contributed by atoms with Crippen LogP contribution in [0.3, 0.4) is 0 Å². The summed E-state index contributed by atoms with van der Waals surface area (Å²) in [6.45, 7) is 4.92. The molecule has 0 fully saturated rings. The van der Waals surface area contributed by atoms with Crippen molar-refractivity contribution in [2.75, 3.05) is 13.7 Å². The summed E-state index contributed by atoms with van der Waals surface area (Å²) >= 11 is 3.45. The first-order chi connectivity index (χ1) is 9.17. The SMILES string of the molecule is CCNC(C)c1nnnn1-c1cc(Br)ccc1OC. The summed E-state index contributed by atoms with van der Waals surface area (Å²) in [6.07, 6.45) is 0. The largest absolute Gasteiger partial charge is 0.494 e. The van der Waals surface area contributed by atoms with Gasteiger partial charge in [-0.1, -0.05) is 22.9 Å². The second-order valence-electron chi connectivity index (χ2n) is 4.04. The van der Waals surface area contributed by atoms with E-state index < -0.39 is 0 Å². The molecule has 7 heteroatoms. The molecule has 1 N–H and O–H groups in total. The Morgan fingerprint density at radius 2 is 2.26 bits per heavy atom. The maximum Gasteiger partial charge on any atom is 0.173 e. The third kappa shape index (κ3) is 2.93. The predicted octanol–water partition coefficient (Wildman–Crippen LogP) is 2.10. The lowest BCUT2D eigenvalue weighted by atomic mass is 10.2. The van der Waals surface area contributed by atoms with Gasteiger partial charge in [-0.05, 0) is 42.1 Å². The van der Waals surface area contributed by atoms with Gasteiger partial charge in [0.1, 0.15) is 11.4 Å². The maximum absolute atomic E-state index is 5.36. The molecule has 1 aromatic carbocycles. The summed E-state index contributed by atoms with van der Waals surface area (Å²) in [4.78, 5) is 0. The van der Waals surface area contributed by atoms with Crippen molar-refractivity contribution < 1.29 is 4.74 Å². The molecule has 0 aliphatic rings. The molecule has 1 heterocycles. The van der Waals surface area contributed by atoms with Gasteiger partial charge in [0.05, 0.1) is 13.2 Å². The monoisotopic (exact) mass is 325 g/mol. The van der Waals surface area contributed by atoms with E-state index in [0.717, 1.165) is 28.3 Å². The van der Waals surface area contributed by atoms with E-state index in [-0.39, 0.29) is 6.04 Å². The molecule has 0 bridgehead atoms. The van der Waals surface area contributed by atoms with Gasteiger partial charge in [-0.15, -0.1) is 5.10 Å². The van der Waals surface area contributed by atoms with Crippen molar-refractivity contribution in [1.82, 2.24) is 25.5 Å². The molecular formula is C12H16BrN5O. The van der Waals surface area contributed by atoms with Crippen molar-refractivity contribution in [2.45, 2.75) is 19.9 Å². The fourth-order valence-electron chi connectivity index (χ4n) is 1.86. The average Bonchev–Trinajstić information content (AvgIpc) is 2.88. The molecule has 1 unspecified atom stereocenters. The van der Waals surface area contributed by atoms with Crippen molar-refractivity contribution in [3.05, 3.63) is 28.5 Å². The van der Waals surface area contributed by atoms with Crippen LogP contribution in [0.15, 0.2) is 22.7 Å². The van der Waals surface area contributed by atoms with Crippen molar-refractivity contribution in [3.63, 3.8) is 0 Å². The van der Waals surface area contributed by atoms with Gasteiger partial charge in [0.25, 0.3) is 0 Å². The van der Waals surface area contributed by atoms with Crippen molar-refractivity contribution in [3.8, 4) is 11.4 Å². The molecule has 0 aliphatic carbocycles. The Bertz CT molecular complexity index is 557. The minimum Gasteiger partial charge on any atom is -0.494 e. The van der Waals surface area contributed by atoms with Crippen LogP contribution in [0.5, 0.6) is 5.75 Å². The van der Waals surface area contributed by atoms with Crippen molar-refractivity contribution in [1.29, 1.82) is 0 Å². The summed E-state index contributed by atoms with van der Waals surface area (Å²) in [5.41, 5.74) is 0.807. The van der Waals surface area contributed by atoms with Gasteiger partial charge >= 0.3 is 0 Å². The Hall–Kier alpha value is -1.47. The zero-order chi connectivity index (χ0) is 13.8. The van der Waals surface area contributed by atoms with Crippen LogP contribution in [0.1, 0.15) is 25.7 Å². The van der Waals surface area contributed by atoms with Gasteiger partial charge in [-0.2, -0.15) is 4.68 Å². The van der Waals surface area contributed by atoms with E-state index >= 15 is 0 Å². The number of methoxy groups -OCH3 is 1. The first-order valence-corrected chi connectivity index (χ1v) is 6.82. The minimum atomic E-state index is 0.0590. The molecule has 0 aliphatic heterocycles. The first-order valence-electron chi connectivity index (χ1n) is 6.03. The Morgan fingerprint density at radius 3 is 2.95 bits per heavy atom. The van der Waals surface area contributed by atoms with E-state index in [2.05, 4.69) is 36.8 Å². The summed E-state index contributed by atoms with van der Waals surface area (Å²) < 4.78 is 8.00. The van der Waals surface area contributed by atoms with Crippen LogP contribution in [0, 0.1) is 0 Å². The molecule has 2 rings (SSSR count). The fraction of sp³-hybridized carbons (Fsp3) is 0.417. The Kier molecular flexibility index (Phi) is 4.49. The molecule has 1 aromatic heterocycles.